The Balaban J connectivity index is 4.19. The highest BCUT2D eigenvalue weighted by atomic mass is 16.4. The Labute approximate surface area is 103 Å². The lowest BCUT2D eigenvalue weighted by Gasteiger charge is -2.26. The molecule has 5 heteroatoms. The molecule has 0 unspecified atom stereocenters. The summed E-state index contributed by atoms with van der Waals surface area (Å²) in [4.78, 5) is 22.4. The van der Waals surface area contributed by atoms with Gasteiger partial charge in [0.25, 0.3) is 0 Å². The molecule has 0 aliphatic rings. The molecule has 0 saturated carbocycles. The summed E-state index contributed by atoms with van der Waals surface area (Å²) in [6.07, 6.45) is 0.419. The third-order valence-corrected chi connectivity index (χ3v) is 2.00. The number of carbonyl (C=O) groups is 2. The number of carbonyl (C=O) groups excluding carboxylic acids is 1. The molecule has 0 aliphatic carbocycles. The number of hydrogen-bond donors (Lipinski definition) is 3. The van der Waals surface area contributed by atoms with Crippen LogP contribution < -0.4 is 10.6 Å². The predicted molar refractivity (Wildman–Crippen MR) is 66.8 cm³/mol. The van der Waals surface area contributed by atoms with Gasteiger partial charge in [-0.05, 0) is 26.7 Å². The first-order valence-electron chi connectivity index (χ1n) is 5.89. The van der Waals surface area contributed by atoms with Gasteiger partial charge in [0.05, 0.1) is 0 Å². The Hall–Kier alpha value is -1.10. The fourth-order valence-electron chi connectivity index (χ4n) is 1.38. The van der Waals surface area contributed by atoms with Gasteiger partial charge in [0.15, 0.2) is 0 Å². The van der Waals surface area contributed by atoms with Crippen molar-refractivity contribution in [2.75, 3.05) is 6.54 Å². The molecule has 0 bridgehead atoms. The van der Waals surface area contributed by atoms with Crippen LogP contribution in [0.4, 0.5) is 0 Å². The van der Waals surface area contributed by atoms with Crippen LogP contribution in [-0.2, 0) is 9.59 Å². The van der Waals surface area contributed by atoms with Gasteiger partial charge in [-0.25, -0.2) is 0 Å². The Morgan fingerprint density at radius 2 is 1.76 bits per heavy atom. The van der Waals surface area contributed by atoms with Gasteiger partial charge in [-0.1, -0.05) is 13.8 Å². The van der Waals surface area contributed by atoms with Crippen molar-refractivity contribution in [3.05, 3.63) is 0 Å². The van der Waals surface area contributed by atoms with Crippen molar-refractivity contribution in [1.82, 2.24) is 10.6 Å². The number of rotatable bonds is 6. The summed E-state index contributed by atoms with van der Waals surface area (Å²) >= 11 is 0. The molecule has 0 radical (unpaired) electrons. The quantitative estimate of drug-likeness (QED) is 0.651. The molecule has 0 aromatic rings. The van der Waals surface area contributed by atoms with E-state index in [2.05, 4.69) is 10.6 Å². The highest BCUT2D eigenvalue weighted by Gasteiger charge is 2.23. The van der Waals surface area contributed by atoms with E-state index in [-0.39, 0.29) is 23.9 Å². The second kappa shape index (κ2) is 6.59. The topological polar surface area (TPSA) is 78.4 Å². The Kier molecular flexibility index (Phi) is 6.16. The van der Waals surface area contributed by atoms with Crippen LogP contribution in [0.5, 0.6) is 0 Å². The number of nitrogens with one attached hydrogen (secondary N) is 2. The minimum atomic E-state index is -0.954. The van der Waals surface area contributed by atoms with Crippen LogP contribution in [0.1, 0.15) is 41.0 Å². The largest absolute Gasteiger partial charge is 0.480 e. The molecule has 1 atom stereocenters. The first-order chi connectivity index (χ1) is 7.61. The lowest BCUT2D eigenvalue weighted by atomic mass is 10.1. The molecule has 17 heavy (non-hydrogen) atoms. The summed E-state index contributed by atoms with van der Waals surface area (Å²) in [6.45, 7) is 9.66. The lowest BCUT2D eigenvalue weighted by molar-refractivity contribution is -0.140. The van der Waals surface area contributed by atoms with Crippen LogP contribution in [-0.4, -0.2) is 35.1 Å². The maximum atomic E-state index is 11.4. The molecule has 0 saturated heterocycles. The van der Waals surface area contributed by atoms with Crippen LogP contribution in [0.2, 0.25) is 0 Å². The van der Waals surface area contributed by atoms with Gasteiger partial charge in [0.2, 0.25) is 5.91 Å². The van der Waals surface area contributed by atoms with E-state index in [0.717, 1.165) is 0 Å². The van der Waals surface area contributed by atoms with Gasteiger partial charge in [0, 0.05) is 18.5 Å². The average Bonchev–Trinajstić information content (AvgIpc) is 2.08. The highest BCUT2D eigenvalue weighted by Crippen LogP contribution is 2.02. The van der Waals surface area contributed by atoms with Crippen molar-refractivity contribution in [1.29, 1.82) is 0 Å². The third kappa shape index (κ3) is 8.68. The van der Waals surface area contributed by atoms with Crippen molar-refractivity contribution in [3.8, 4) is 0 Å². The molecular weight excluding hydrogens is 220 g/mol. The number of hydrogen-bond acceptors (Lipinski definition) is 3. The molecule has 100 valence electrons. The van der Waals surface area contributed by atoms with Gasteiger partial charge in [0.1, 0.15) is 6.04 Å². The zero-order valence-electron chi connectivity index (χ0n) is 11.3. The molecule has 3 N–H and O–H groups in total. The van der Waals surface area contributed by atoms with Gasteiger partial charge in [-0.3, -0.25) is 14.9 Å². The van der Waals surface area contributed by atoms with E-state index >= 15 is 0 Å². The molecule has 0 aliphatic heterocycles. The average molecular weight is 244 g/mol. The molecular formula is C12H24N2O3. The van der Waals surface area contributed by atoms with Crippen LogP contribution in [0, 0.1) is 5.92 Å². The monoisotopic (exact) mass is 244 g/mol. The van der Waals surface area contributed by atoms with Crippen LogP contribution in [0.25, 0.3) is 0 Å². The molecule has 0 heterocycles. The van der Waals surface area contributed by atoms with E-state index in [1.54, 1.807) is 0 Å². The highest BCUT2D eigenvalue weighted by molar-refractivity contribution is 5.78. The second-order valence-corrected chi connectivity index (χ2v) is 5.69. The second-order valence-electron chi connectivity index (χ2n) is 5.69. The SMILES string of the molecule is CC(C)CC(=O)NC[C@@H](NC(C)(C)C)C(=O)O. The smallest absolute Gasteiger partial charge is 0.322 e. The molecule has 0 aromatic heterocycles. The molecule has 0 aromatic carbocycles. The summed E-state index contributed by atoms with van der Waals surface area (Å²) in [6, 6.07) is -0.758. The Bertz CT molecular complexity index is 269. The standard InChI is InChI=1S/C12H24N2O3/c1-8(2)6-10(15)13-7-9(11(16)17)14-12(3,4)5/h8-9,14H,6-7H2,1-5H3,(H,13,15)(H,16,17)/t9-/m1/s1. The maximum absolute atomic E-state index is 11.4. The van der Waals surface area contributed by atoms with E-state index in [0.29, 0.717) is 6.42 Å². The van der Waals surface area contributed by atoms with E-state index in [1.807, 2.05) is 34.6 Å². The number of carboxylic acids is 1. The number of carboxylic acid groups (broad SMARTS) is 1. The molecule has 0 fully saturated rings. The lowest BCUT2D eigenvalue weighted by Crippen LogP contribution is -2.53. The van der Waals surface area contributed by atoms with E-state index in [4.69, 9.17) is 5.11 Å². The summed E-state index contributed by atoms with van der Waals surface area (Å²) in [5.74, 6) is -0.791. The Morgan fingerprint density at radius 3 is 2.12 bits per heavy atom. The first kappa shape index (κ1) is 15.9. The first-order valence-corrected chi connectivity index (χ1v) is 5.89. The molecule has 0 spiro atoms. The van der Waals surface area contributed by atoms with Crippen LogP contribution in [0.3, 0.4) is 0 Å². The van der Waals surface area contributed by atoms with Gasteiger partial charge >= 0.3 is 5.97 Å². The van der Waals surface area contributed by atoms with E-state index in [9.17, 15) is 9.59 Å². The third-order valence-electron chi connectivity index (χ3n) is 2.00. The summed E-state index contributed by atoms with van der Waals surface area (Å²) in [5.41, 5.74) is -0.300. The van der Waals surface area contributed by atoms with Crippen molar-refractivity contribution in [2.45, 2.75) is 52.6 Å². The summed E-state index contributed by atoms with van der Waals surface area (Å²) < 4.78 is 0. The number of amides is 1. The normalized spacial score (nSPS) is 13.5. The van der Waals surface area contributed by atoms with Crippen LogP contribution in [0.15, 0.2) is 0 Å². The Morgan fingerprint density at radius 1 is 1.24 bits per heavy atom. The molecule has 1 amide bonds. The predicted octanol–water partition coefficient (Wildman–Crippen LogP) is 0.990. The van der Waals surface area contributed by atoms with Crippen LogP contribution >= 0.6 is 0 Å². The van der Waals surface area contributed by atoms with Gasteiger partial charge in [-0.15, -0.1) is 0 Å². The molecule has 5 nitrogen and oxygen atoms in total. The van der Waals surface area contributed by atoms with Gasteiger partial charge < -0.3 is 10.4 Å². The summed E-state index contributed by atoms with van der Waals surface area (Å²) in [5, 5.41) is 14.6. The van der Waals surface area contributed by atoms with Crippen molar-refractivity contribution in [2.24, 2.45) is 5.92 Å². The minimum absolute atomic E-state index is 0.109. The minimum Gasteiger partial charge on any atom is -0.480 e. The van der Waals surface area contributed by atoms with Crippen molar-refractivity contribution >= 4 is 11.9 Å². The fraction of sp³-hybridized carbons (Fsp3) is 0.833. The molecule has 0 rings (SSSR count). The zero-order valence-corrected chi connectivity index (χ0v) is 11.3. The number of aliphatic carboxylic acids is 1. The zero-order chi connectivity index (χ0) is 13.6. The van der Waals surface area contributed by atoms with Crippen molar-refractivity contribution < 1.29 is 14.7 Å². The van der Waals surface area contributed by atoms with E-state index < -0.39 is 12.0 Å². The fourth-order valence-corrected chi connectivity index (χ4v) is 1.38. The summed E-state index contributed by atoms with van der Waals surface area (Å²) in [7, 11) is 0. The van der Waals surface area contributed by atoms with E-state index in [1.165, 1.54) is 0 Å². The maximum Gasteiger partial charge on any atom is 0.322 e. The van der Waals surface area contributed by atoms with Crippen molar-refractivity contribution in [3.63, 3.8) is 0 Å². The van der Waals surface area contributed by atoms with Gasteiger partial charge in [-0.2, -0.15) is 0 Å².